The van der Waals surface area contributed by atoms with Crippen LogP contribution in [-0.2, 0) is 0 Å². The molecule has 1 unspecified atom stereocenters. The summed E-state index contributed by atoms with van der Waals surface area (Å²) in [4.78, 5) is 0. The second-order valence-corrected chi connectivity index (χ2v) is 5.62. The predicted octanol–water partition coefficient (Wildman–Crippen LogP) is 5.09. The summed E-state index contributed by atoms with van der Waals surface area (Å²) in [5, 5.41) is 3.32. The van der Waals surface area contributed by atoms with Gasteiger partial charge in [-0.05, 0) is 69.2 Å². The molecule has 21 heavy (non-hydrogen) atoms. The molecule has 0 spiro atoms. The first-order valence-corrected chi connectivity index (χ1v) is 7.24. The van der Waals surface area contributed by atoms with Gasteiger partial charge in [0, 0.05) is 11.7 Å². The third-order valence-corrected chi connectivity index (χ3v) is 3.18. The molecule has 0 saturated heterocycles. The fraction of sp³-hybridized carbons (Fsp3) is 0.333. The third kappa shape index (κ3) is 4.48. The monoisotopic (exact) mass is 287 g/mol. The van der Waals surface area contributed by atoms with E-state index in [-0.39, 0.29) is 18.0 Å². The Bertz CT molecular complexity index is 572. The molecule has 2 rings (SSSR count). The van der Waals surface area contributed by atoms with E-state index in [4.69, 9.17) is 4.74 Å². The van der Waals surface area contributed by atoms with Crippen molar-refractivity contribution in [3.05, 3.63) is 59.4 Å². The molecule has 0 aliphatic rings. The molecule has 2 aromatic rings. The van der Waals surface area contributed by atoms with Crippen LogP contribution < -0.4 is 10.1 Å². The highest BCUT2D eigenvalue weighted by molar-refractivity contribution is 5.48. The van der Waals surface area contributed by atoms with E-state index in [1.165, 1.54) is 12.1 Å². The van der Waals surface area contributed by atoms with Gasteiger partial charge in [-0.3, -0.25) is 0 Å². The Balaban J connectivity index is 2.07. The van der Waals surface area contributed by atoms with Crippen LogP contribution in [0.1, 0.15) is 37.9 Å². The Morgan fingerprint density at radius 2 is 1.67 bits per heavy atom. The molecule has 0 bridgehead atoms. The second-order valence-electron chi connectivity index (χ2n) is 5.62. The number of hydrogen-bond donors (Lipinski definition) is 1. The van der Waals surface area contributed by atoms with Gasteiger partial charge in [0.15, 0.2) is 0 Å². The van der Waals surface area contributed by atoms with Crippen molar-refractivity contribution in [1.82, 2.24) is 0 Å². The van der Waals surface area contributed by atoms with E-state index in [2.05, 4.69) is 12.2 Å². The topological polar surface area (TPSA) is 21.3 Å². The number of benzene rings is 2. The van der Waals surface area contributed by atoms with E-state index >= 15 is 0 Å². The minimum atomic E-state index is -0.217. The molecule has 0 radical (unpaired) electrons. The van der Waals surface area contributed by atoms with Crippen molar-refractivity contribution < 1.29 is 9.13 Å². The van der Waals surface area contributed by atoms with Gasteiger partial charge in [-0.25, -0.2) is 4.39 Å². The summed E-state index contributed by atoms with van der Waals surface area (Å²) in [5.41, 5.74) is 2.83. The summed E-state index contributed by atoms with van der Waals surface area (Å²) in [5.74, 6) is 0.646. The van der Waals surface area contributed by atoms with Crippen LogP contribution in [-0.4, -0.2) is 6.10 Å². The van der Waals surface area contributed by atoms with E-state index in [9.17, 15) is 4.39 Å². The van der Waals surface area contributed by atoms with Gasteiger partial charge in [-0.1, -0.05) is 12.1 Å². The van der Waals surface area contributed by atoms with Gasteiger partial charge >= 0.3 is 0 Å². The standard InChI is InChI=1S/C18H22FNO/c1-12(2)21-18-7-5-15(6-8-18)14(4)20-17-10-13(3)9-16(19)11-17/h5-12,14,20H,1-4H3. The zero-order chi connectivity index (χ0) is 15.4. The fourth-order valence-corrected chi connectivity index (χ4v) is 2.26. The van der Waals surface area contributed by atoms with Crippen LogP contribution in [0.3, 0.4) is 0 Å². The van der Waals surface area contributed by atoms with Crippen LogP contribution in [0.2, 0.25) is 0 Å². The van der Waals surface area contributed by atoms with E-state index in [1.807, 2.05) is 51.1 Å². The molecule has 3 heteroatoms. The highest BCUT2D eigenvalue weighted by atomic mass is 19.1. The maximum atomic E-state index is 13.4. The SMILES string of the molecule is Cc1cc(F)cc(NC(C)c2ccc(OC(C)C)cc2)c1. The normalized spacial score (nSPS) is 12.3. The van der Waals surface area contributed by atoms with Crippen LogP contribution in [0.5, 0.6) is 5.75 Å². The van der Waals surface area contributed by atoms with Crippen molar-refractivity contribution in [2.24, 2.45) is 0 Å². The van der Waals surface area contributed by atoms with Crippen LogP contribution >= 0.6 is 0 Å². The predicted molar refractivity (Wildman–Crippen MR) is 85.4 cm³/mol. The van der Waals surface area contributed by atoms with Crippen LogP contribution in [0.15, 0.2) is 42.5 Å². The lowest BCUT2D eigenvalue weighted by Gasteiger charge is -2.17. The number of anilines is 1. The molecule has 1 atom stereocenters. The summed E-state index contributed by atoms with van der Waals surface area (Å²) in [6.45, 7) is 7.95. The molecule has 0 saturated carbocycles. The Morgan fingerprint density at radius 1 is 1.00 bits per heavy atom. The first kappa shape index (κ1) is 15.4. The maximum Gasteiger partial charge on any atom is 0.125 e. The number of nitrogens with one attached hydrogen (secondary N) is 1. The molecular weight excluding hydrogens is 265 g/mol. The molecule has 2 nitrogen and oxygen atoms in total. The van der Waals surface area contributed by atoms with Crippen molar-refractivity contribution >= 4 is 5.69 Å². The van der Waals surface area contributed by atoms with Gasteiger partial charge in [-0.2, -0.15) is 0 Å². The van der Waals surface area contributed by atoms with Gasteiger partial charge in [0.2, 0.25) is 0 Å². The minimum Gasteiger partial charge on any atom is -0.491 e. The first-order chi connectivity index (χ1) is 9.94. The fourth-order valence-electron chi connectivity index (χ4n) is 2.26. The molecule has 0 aromatic heterocycles. The first-order valence-electron chi connectivity index (χ1n) is 7.24. The highest BCUT2D eigenvalue weighted by Gasteiger charge is 2.07. The molecule has 0 heterocycles. The summed E-state index contributed by atoms with van der Waals surface area (Å²) < 4.78 is 19.0. The van der Waals surface area contributed by atoms with E-state index in [1.54, 1.807) is 0 Å². The zero-order valence-corrected chi connectivity index (χ0v) is 13.0. The van der Waals surface area contributed by atoms with E-state index in [0.717, 1.165) is 22.6 Å². The van der Waals surface area contributed by atoms with Crippen molar-refractivity contribution in [3.8, 4) is 5.75 Å². The van der Waals surface area contributed by atoms with Crippen molar-refractivity contribution in [3.63, 3.8) is 0 Å². The zero-order valence-electron chi connectivity index (χ0n) is 13.0. The van der Waals surface area contributed by atoms with Gasteiger partial charge < -0.3 is 10.1 Å². The summed E-state index contributed by atoms with van der Waals surface area (Å²) in [7, 11) is 0. The van der Waals surface area contributed by atoms with Crippen molar-refractivity contribution in [1.29, 1.82) is 0 Å². The molecule has 2 aromatic carbocycles. The lowest BCUT2D eigenvalue weighted by Crippen LogP contribution is -2.08. The second kappa shape index (κ2) is 6.61. The average Bonchev–Trinajstić information content (AvgIpc) is 2.37. The lowest BCUT2D eigenvalue weighted by atomic mass is 10.1. The van der Waals surface area contributed by atoms with E-state index in [0.29, 0.717) is 0 Å². The van der Waals surface area contributed by atoms with Crippen molar-refractivity contribution in [2.75, 3.05) is 5.32 Å². The summed E-state index contributed by atoms with van der Waals surface area (Å²) in [6, 6.07) is 13.1. The summed E-state index contributed by atoms with van der Waals surface area (Å²) >= 11 is 0. The Kier molecular flexibility index (Phi) is 4.84. The number of ether oxygens (including phenoxy) is 1. The lowest BCUT2D eigenvalue weighted by molar-refractivity contribution is 0.242. The van der Waals surface area contributed by atoms with Gasteiger partial charge in [0.05, 0.1) is 6.10 Å². The molecule has 0 amide bonds. The smallest absolute Gasteiger partial charge is 0.125 e. The van der Waals surface area contributed by atoms with Gasteiger partial charge in [0.1, 0.15) is 11.6 Å². The van der Waals surface area contributed by atoms with E-state index < -0.39 is 0 Å². The maximum absolute atomic E-state index is 13.4. The quantitative estimate of drug-likeness (QED) is 0.826. The molecule has 0 aliphatic heterocycles. The largest absolute Gasteiger partial charge is 0.491 e. The average molecular weight is 287 g/mol. The molecule has 0 aliphatic carbocycles. The Morgan fingerprint density at radius 3 is 2.24 bits per heavy atom. The van der Waals surface area contributed by atoms with Gasteiger partial charge in [0.25, 0.3) is 0 Å². The Labute approximate surface area is 126 Å². The number of rotatable bonds is 5. The van der Waals surface area contributed by atoms with Crippen LogP contribution in [0.25, 0.3) is 0 Å². The minimum absolute atomic E-state index is 0.0966. The molecule has 0 fully saturated rings. The van der Waals surface area contributed by atoms with Crippen molar-refractivity contribution in [2.45, 2.75) is 39.8 Å². The molecule has 112 valence electrons. The van der Waals surface area contributed by atoms with Gasteiger partial charge in [-0.15, -0.1) is 0 Å². The molecular formula is C18H22FNO. The molecule has 1 N–H and O–H groups in total. The number of hydrogen-bond acceptors (Lipinski definition) is 2. The number of aryl methyl sites for hydroxylation is 1. The highest BCUT2D eigenvalue weighted by Crippen LogP contribution is 2.23. The Hall–Kier alpha value is -2.03. The third-order valence-electron chi connectivity index (χ3n) is 3.18. The van der Waals surface area contributed by atoms with Crippen LogP contribution in [0, 0.1) is 12.7 Å². The number of halogens is 1. The summed E-state index contributed by atoms with van der Waals surface area (Å²) in [6.07, 6.45) is 0.168. The van der Waals surface area contributed by atoms with Crippen LogP contribution in [0.4, 0.5) is 10.1 Å².